The number of aromatic nitrogens is 3. The van der Waals surface area contributed by atoms with E-state index in [2.05, 4.69) is 10.3 Å². The second kappa shape index (κ2) is 5.34. The molecule has 1 aromatic rings. The predicted octanol–water partition coefficient (Wildman–Crippen LogP) is 1.18. The Bertz CT molecular complexity index is 564. The summed E-state index contributed by atoms with van der Waals surface area (Å²) >= 11 is 0. The van der Waals surface area contributed by atoms with E-state index >= 15 is 0 Å². The van der Waals surface area contributed by atoms with E-state index in [0.717, 1.165) is 12.8 Å². The Morgan fingerprint density at radius 1 is 1.29 bits per heavy atom. The van der Waals surface area contributed by atoms with E-state index in [4.69, 9.17) is 5.11 Å². The number of carboxylic acids is 1. The maximum absolute atomic E-state index is 13.0. The molecule has 2 rings (SSSR count). The number of halogens is 3. The van der Waals surface area contributed by atoms with Crippen LogP contribution < -0.4 is 0 Å². The highest BCUT2D eigenvalue weighted by Crippen LogP contribution is 2.33. The van der Waals surface area contributed by atoms with E-state index in [1.807, 2.05) is 0 Å². The van der Waals surface area contributed by atoms with Crippen LogP contribution in [-0.2, 0) is 11.0 Å². The van der Waals surface area contributed by atoms with Gasteiger partial charge in [0, 0.05) is 13.1 Å². The molecule has 10 heteroatoms. The Morgan fingerprint density at radius 2 is 1.86 bits per heavy atom. The number of alkyl halides is 3. The van der Waals surface area contributed by atoms with Gasteiger partial charge >= 0.3 is 12.1 Å². The van der Waals surface area contributed by atoms with Gasteiger partial charge in [-0.05, 0) is 19.8 Å². The van der Waals surface area contributed by atoms with Crippen LogP contribution in [0, 0.1) is 0 Å². The van der Waals surface area contributed by atoms with E-state index in [9.17, 15) is 22.8 Å². The van der Waals surface area contributed by atoms with Crippen LogP contribution in [0.4, 0.5) is 13.2 Å². The van der Waals surface area contributed by atoms with Crippen molar-refractivity contribution < 1.29 is 27.9 Å². The molecule has 2 heterocycles. The molecule has 1 saturated heterocycles. The minimum atomic E-state index is -4.96. The first-order chi connectivity index (χ1) is 9.73. The molecule has 1 aromatic heterocycles. The number of likely N-dealkylation sites (tertiary alicyclic amines) is 1. The van der Waals surface area contributed by atoms with Gasteiger partial charge in [-0.2, -0.15) is 13.2 Å². The van der Waals surface area contributed by atoms with Crippen LogP contribution in [-0.4, -0.2) is 50.0 Å². The van der Waals surface area contributed by atoms with Crippen molar-refractivity contribution >= 4 is 11.9 Å². The number of hydrogen-bond donors (Lipinski definition) is 1. The van der Waals surface area contributed by atoms with Gasteiger partial charge in [0.2, 0.25) is 11.6 Å². The molecule has 1 unspecified atom stereocenters. The van der Waals surface area contributed by atoms with Crippen LogP contribution in [0.1, 0.15) is 42.0 Å². The lowest BCUT2D eigenvalue weighted by Gasteiger charge is -2.21. The summed E-state index contributed by atoms with van der Waals surface area (Å²) in [6, 6.07) is -1.26. The number of carbonyl (C=O) groups is 2. The Hall–Kier alpha value is -2.13. The fourth-order valence-corrected chi connectivity index (χ4v) is 2.28. The van der Waals surface area contributed by atoms with Crippen LogP contribution >= 0.6 is 0 Å². The summed E-state index contributed by atoms with van der Waals surface area (Å²) in [5.74, 6) is -2.37. The number of carboxylic acid groups (broad SMARTS) is 1. The van der Waals surface area contributed by atoms with Gasteiger partial charge in [0.15, 0.2) is 5.69 Å². The smallest absolute Gasteiger partial charge is 0.435 e. The van der Waals surface area contributed by atoms with Gasteiger partial charge in [-0.25, -0.2) is 9.48 Å². The average molecular weight is 306 g/mol. The van der Waals surface area contributed by atoms with E-state index in [-0.39, 0.29) is 0 Å². The average Bonchev–Trinajstić information content (AvgIpc) is 3.04. The van der Waals surface area contributed by atoms with Crippen molar-refractivity contribution in [2.24, 2.45) is 0 Å². The summed E-state index contributed by atoms with van der Waals surface area (Å²) in [5, 5.41) is 15.0. The molecule has 0 radical (unpaired) electrons. The highest BCUT2D eigenvalue weighted by atomic mass is 19.4. The van der Waals surface area contributed by atoms with Crippen LogP contribution in [0.5, 0.6) is 0 Å². The molecule has 1 fully saturated rings. The lowest BCUT2D eigenvalue weighted by atomic mass is 10.2. The standard InChI is InChI=1S/C11H13F3N4O3/c1-6(9(19)17-4-2-3-5-17)18-8(11(12,13)14)7(10(20)21)15-16-18/h6H,2-5H2,1H3,(H,20,21). The molecule has 21 heavy (non-hydrogen) atoms. The summed E-state index contributed by atoms with van der Waals surface area (Å²) in [6.07, 6.45) is -3.37. The normalized spacial score (nSPS) is 17.0. The third-order valence-electron chi connectivity index (χ3n) is 3.31. The largest absolute Gasteiger partial charge is 0.476 e. The Morgan fingerprint density at radius 3 is 2.33 bits per heavy atom. The quantitative estimate of drug-likeness (QED) is 0.906. The summed E-state index contributed by atoms with van der Waals surface area (Å²) in [4.78, 5) is 24.4. The van der Waals surface area contributed by atoms with Gasteiger partial charge < -0.3 is 10.0 Å². The fraction of sp³-hybridized carbons (Fsp3) is 0.636. The lowest BCUT2D eigenvalue weighted by molar-refractivity contribution is -0.147. The molecule has 1 atom stereocenters. The second-order valence-electron chi connectivity index (χ2n) is 4.74. The Kier molecular flexibility index (Phi) is 3.88. The number of carbonyl (C=O) groups excluding carboxylic acids is 1. The highest BCUT2D eigenvalue weighted by molar-refractivity contribution is 5.87. The Balaban J connectivity index is 2.39. The third kappa shape index (κ3) is 2.83. The number of aromatic carboxylic acids is 1. The van der Waals surface area contributed by atoms with Crippen molar-refractivity contribution in [3.63, 3.8) is 0 Å². The van der Waals surface area contributed by atoms with Crippen molar-refractivity contribution in [1.82, 2.24) is 19.9 Å². The van der Waals surface area contributed by atoms with Crippen molar-refractivity contribution in [3.05, 3.63) is 11.4 Å². The van der Waals surface area contributed by atoms with Crippen molar-refractivity contribution in [3.8, 4) is 0 Å². The molecule has 1 aliphatic rings. The first-order valence-corrected chi connectivity index (χ1v) is 6.28. The van der Waals surface area contributed by atoms with E-state index in [1.165, 1.54) is 11.8 Å². The van der Waals surface area contributed by atoms with Crippen molar-refractivity contribution in [1.29, 1.82) is 0 Å². The summed E-state index contributed by atoms with van der Waals surface area (Å²) in [7, 11) is 0. The number of rotatable bonds is 3. The van der Waals surface area contributed by atoms with E-state index in [1.54, 1.807) is 0 Å². The molecule has 0 aromatic carbocycles. The van der Waals surface area contributed by atoms with Gasteiger partial charge in [0.1, 0.15) is 6.04 Å². The van der Waals surface area contributed by atoms with Crippen LogP contribution in [0.25, 0.3) is 0 Å². The first kappa shape index (κ1) is 15.3. The molecule has 0 spiro atoms. The molecule has 1 aliphatic heterocycles. The number of nitrogens with zero attached hydrogens (tertiary/aromatic N) is 4. The SMILES string of the molecule is CC(C(=O)N1CCCC1)n1nnc(C(=O)O)c1C(F)(F)F. The fourth-order valence-electron chi connectivity index (χ4n) is 2.28. The van der Waals surface area contributed by atoms with Gasteiger partial charge in [-0.3, -0.25) is 4.79 Å². The zero-order valence-corrected chi connectivity index (χ0v) is 11.1. The van der Waals surface area contributed by atoms with Crippen LogP contribution in [0.2, 0.25) is 0 Å². The maximum Gasteiger partial charge on any atom is 0.435 e. The number of amides is 1. The van der Waals surface area contributed by atoms with Gasteiger partial charge in [-0.15, -0.1) is 5.10 Å². The van der Waals surface area contributed by atoms with Crippen molar-refractivity contribution in [2.45, 2.75) is 32.0 Å². The summed E-state index contributed by atoms with van der Waals surface area (Å²) in [5.41, 5.74) is -2.72. The molecule has 7 nitrogen and oxygen atoms in total. The topological polar surface area (TPSA) is 88.3 Å². The first-order valence-electron chi connectivity index (χ1n) is 6.28. The molecule has 1 amide bonds. The van der Waals surface area contributed by atoms with Crippen LogP contribution in [0.15, 0.2) is 0 Å². The summed E-state index contributed by atoms with van der Waals surface area (Å²) in [6.45, 7) is 2.20. The predicted molar refractivity (Wildman–Crippen MR) is 62.5 cm³/mol. The number of hydrogen-bond acceptors (Lipinski definition) is 4. The molecule has 0 saturated carbocycles. The van der Waals surface area contributed by atoms with E-state index < -0.39 is 35.5 Å². The third-order valence-corrected chi connectivity index (χ3v) is 3.31. The lowest BCUT2D eigenvalue weighted by Crippen LogP contribution is -2.36. The van der Waals surface area contributed by atoms with E-state index in [0.29, 0.717) is 17.8 Å². The zero-order chi connectivity index (χ0) is 15.8. The van der Waals surface area contributed by atoms with Crippen molar-refractivity contribution in [2.75, 3.05) is 13.1 Å². The molecular formula is C11H13F3N4O3. The Labute approximate surface area is 117 Å². The minimum Gasteiger partial charge on any atom is -0.476 e. The maximum atomic E-state index is 13.0. The van der Waals surface area contributed by atoms with Gasteiger partial charge in [0.25, 0.3) is 0 Å². The molecule has 0 bridgehead atoms. The molecule has 1 N–H and O–H groups in total. The molecular weight excluding hydrogens is 293 g/mol. The molecule has 116 valence electrons. The molecule has 0 aliphatic carbocycles. The van der Waals surface area contributed by atoms with Gasteiger partial charge in [0.05, 0.1) is 0 Å². The zero-order valence-electron chi connectivity index (χ0n) is 11.1. The van der Waals surface area contributed by atoms with Crippen LogP contribution in [0.3, 0.4) is 0 Å². The highest BCUT2D eigenvalue weighted by Gasteiger charge is 2.43. The summed E-state index contributed by atoms with van der Waals surface area (Å²) < 4.78 is 39.4. The minimum absolute atomic E-state index is 0.337. The second-order valence-corrected chi connectivity index (χ2v) is 4.74. The van der Waals surface area contributed by atoms with Gasteiger partial charge in [-0.1, -0.05) is 5.21 Å². The monoisotopic (exact) mass is 306 g/mol.